The molecule has 6 heteroatoms. The SMILES string of the molecule is O=C1Nc2cc(C(O)C(O)CCCl)ccc2C1=O. The lowest BCUT2D eigenvalue weighted by molar-refractivity contribution is -0.112. The van der Waals surface area contributed by atoms with Crippen LogP contribution in [-0.2, 0) is 4.79 Å². The van der Waals surface area contributed by atoms with Gasteiger partial charge in [0.25, 0.3) is 11.7 Å². The second-order valence-corrected chi connectivity index (χ2v) is 4.46. The molecule has 0 radical (unpaired) electrons. The predicted octanol–water partition coefficient (Wildman–Crippen LogP) is 0.845. The quantitative estimate of drug-likeness (QED) is 0.559. The van der Waals surface area contributed by atoms with E-state index >= 15 is 0 Å². The molecule has 1 aliphatic heterocycles. The Labute approximate surface area is 108 Å². The highest BCUT2D eigenvalue weighted by atomic mass is 35.5. The Morgan fingerprint density at radius 1 is 1.28 bits per heavy atom. The van der Waals surface area contributed by atoms with Crippen molar-refractivity contribution in [3.05, 3.63) is 29.3 Å². The average molecular weight is 270 g/mol. The van der Waals surface area contributed by atoms with Crippen LogP contribution in [0.25, 0.3) is 0 Å². The highest BCUT2D eigenvalue weighted by Gasteiger charge is 2.29. The number of hydrogen-bond acceptors (Lipinski definition) is 4. The number of aliphatic hydroxyl groups excluding tert-OH is 2. The molecule has 1 aliphatic rings. The number of nitrogens with one attached hydrogen (secondary N) is 1. The van der Waals surface area contributed by atoms with Gasteiger partial charge in [-0.2, -0.15) is 0 Å². The van der Waals surface area contributed by atoms with Crippen LogP contribution in [0, 0.1) is 0 Å². The number of anilines is 1. The zero-order chi connectivity index (χ0) is 13.3. The number of ketones is 1. The average Bonchev–Trinajstić information content (AvgIpc) is 2.64. The minimum atomic E-state index is -1.10. The molecular formula is C12H12ClNO4. The number of hydrogen-bond donors (Lipinski definition) is 3. The summed E-state index contributed by atoms with van der Waals surface area (Å²) in [6, 6.07) is 4.46. The maximum absolute atomic E-state index is 11.4. The molecular weight excluding hydrogens is 258 g/mol. The fourth-order valence-electron chi connectivity index (χ4n) is 1.84. The van der Waals surface area contributed by atoms with Gasteiger partial charge in [-0.3, -0.25) is 9.59 Å². The highest BCUT2D eigenvalue weighted by Crippen LogP contribution is 2.28. The summed E-state index contributed by atoms with van der Waals surface area (Å²) in [4.78, 5) is 22.5. The fraction of sp³-hybridized carbons (Fsp3) is 0.333. The number of benzene rings is 1. The van der Waals surface area contributed by atoms with E-state index in [0.717, 1.165) is 0 Å². The van der Waals surface area contributed by atoms with Crippen LogP contribution in [0.4, 0.5) is 5.69 Å². The monoisotopic (exact) mass is 269 g/mol. The van der Waals surface area contributed by atoms with E-state index < -0.39 is 23.9 Å². The van der Waals surface area contributed by atoms with Crippen LogP contribution in [0.1, 0.15) is 28.4 Å². The first-order chi connectivity index (χ1) is 8.54. The maximum atomic E-state index is 11.4. The third kappa shape index (κ3) is 2.25. The van der Waals surface area contributed by atoms with Crippen molar-refractivity contribution < 1.29 is 19.8 Å². The summed E-state index contributed by atoms with van der Waals surface area (Å²) < 4.78 is 0. The van der Waals surface area contributed by atoms with Crippen LogP contribution in [0.3, 0.4) is 0 Å². The van der Waals surface area contributed by atoms with E-state index in [9.17, 15) is 19.8 Å². The Bertz CT molecular complexity index is 503. The van der Waals surface area contributed by atoms with Gasteiger partial charge in [0.15, 0.2) is 0 Å². The fourth-order valence-corrected chi connectivity index (χ4v) is 2.06. The van der Waals surface area contributed by atoms with Gasteiger partial charge in [-0.15, -0.1) is 11.6 Å². The van der Waals surface area contributed by atoms with E-state index in [1.165, 1.54) is 18.2 Å². The van der Waals surface area contributed by atoms with Gasteiger partial charge in [-0.25, -0.2) is 0 Å². The Kier molecular flexibility index (Phi) is 3.65. The molecule has 1 heterocycles. The number of halogens is 1. The number of Topliss-reactive ketones (excluding diaryl/α,β-unsaturated/α-hetero) is 1. The van der Waals surface area contributed by atoms with Crippen molar-refractivity contribution in [3.8, 4) is 0 Å². The summed E-state index contributed by atoms with van der Waals surface area (Å²) in [7, 11) is 0. The molecule has 5 nitrogen and oxygen atoms in total. The number of fused-ring (bicyclic) bond motifs is 1. The summed E-state index contributed by atoms with van der Waals surface area (Å²) in [6.07, 6.45) is -1.82. The second-order valence-electron chi connectivity index (χ2n) is 4.08. The normalized spacial score (nSPS) is 17.3. The molecule has 0 spiro atoms. The molecule has 2 atom stereocenters. The lowest BCUT2D eigenvalue weighted by Crippen LogP contribution is -2.18. The minimum absolute atomic E-state index is 0.235. The van der Waals surface area contributed by atoms with Gasteiger partial charge in [-0.1, -0.05) is 6.07 Å². The summed E-state index contributed by atoms with van der Waals surface area (Å²) in [5, 5.41) is 21.9. The van der Waals surface area contributed by atoms with Gasteiger partial charge < -0.3 is 15.5 Å². The molecule has 2 rings (SSSR count). The van der Waals surface area contributed by atoms with Gasteiger partial charge in [0.05, 0.1) is 17.4 Å². The van der Waals surface area contributed by atoms with Crippen LogP contribution >= 0.6 is 11.6 Å². The molecule has 1 amide bonds. The topological polar surface area (TPSA) is 86.6 Å². The van der Waals surface area contributed by atoms with Crippen LogP contribution in [0.2, 0.25) is 0 Å². The molecule has 3 N–H and O–H groups in total. The van der Waals surface area contributed by atoms with Gasteiger partial charge >= 0.3 is 0 Å². The first-order valence-electron chi connectivity index (χ1n) is 5.46. The van der Waals surface area contributed by atoms with Crippen molar-refractivity contribution in [1.82, 2.24) is 0 Å². The lowest BCUT2D eigenvalue weighted by atomic mass is 10.00. The standard InChI is InChI=1S/C12H12ClNO4/c13-4-3-9(15)10(16)6-1-2-7-8(5-6)14-12(18)11(7)17/h1-2,5,9-10,15-16H,3-4H2,(H,14,17,18). The predicted molar refractivity (Wildman–Crippen MR) is 65.7 cm³/mol. The number of alkyl halides is 1. The minimum Gasteiger partial charge on any atom is -0.390 e. The zero-order valence-electron chi connectivity index (χ0n) is 9.39. The van der Waals surface area contributed by atoms with Crippen molar-refractivity contribution in [2.24, 2.45) is 0 Å². The maximum Gasteiger partial charge on any atom is 0.296 e. The summed E-state index contributed by atoms with van der Waals surface area (Å²) in [5.74, 6) is -1.04. The molecule has 2 unspecified atom stereocenters. The van der Waals surface area contributed by atoms with E-state index in [-0.39, 0.29) is 17.9 Å². The van der Waals surface area contributed by atoms with Crippen molar-refractivity contribution in [3.63, 3.8) is 0 Å². The van der Waals surface area contributed by atoms with Gasteiger partial charge in [0.2, 0.25) is 0 Å². The number of rotatable bonds is 4. The number of amides is 1. The molecule has 0 saturated carbocycles. The molecule has 0 saturated heterocycles. The Morgan fingerprint density at radius 2 is 2.00 bits per heavy atom. The van der Waals surface area contributed by atoms with Gasteiger partial charge in [-0.05, 0) is 24.1 Å². The molecule has 0 aromatic heterocycles. The first kappa shape index (κ1) is 13.0. The number of aliphatic hydroxyl groups is 2. The van der Waals surface area contributed by atoms with Gasteiger partial charge in [0, 0.05) is 5.88 Å². The largest absolute Gasteiger partial charge is 0.390 e. The van der Waals surface area contributed by atoms with Gasteiger partial charge in [0.1, 0.15) is 6.10 Å². The molecule has 0 fully saturated rings. The summed E-state index contributed by atoms with van der Waals surface area (Å²) in [6.45, 7) is 0. The van der Waals surface area contributed by atoms with E-state index in [1.807, 2.05) is 0 Å². The summed E-state index contributed by atoms with van der Waals surface area (Å²) >= 11 is 5.49. The molecule has 0 aliphatic carbocycles. The lowest BCUT2D eigenvalue weighted by Gasteiger charge is -2.17. The van der Waals surface area contributed by atoms with E-state index in [1.54, 1.807) is 0 Å². The molecule has 1 aromatic rings. The Hall–Kier alpha value is -1.43. The second kappa shape index (κ2) is 5.06. The highest BCUT2D eigenvalue weighted by molar-refractivity contribution is 6.51. The zero-order valence-corrected chi connectivity index (χ0v) is 10.1. The third-order valence-electron chi connectivity index (χ3n) is 2.85. The number of carbonyl (C=O) groups is 2. The molecule has 1 aromatic carbocycles. The van der Waals surface area contributed by atoms with Crippen LogP contribution in [-0.4, -0.2) is 33.9 Å². The van der Waals surface area contributed by atoms with Crippen molar-refractivity contribution >= 4 is 29.0 Å². The van der Waals surface area contributed by atoms with E-state index in [0.29, 0.717) is 11.3 Å². The smallest absolute Gasteiger partial charge is 0.296 e. The summed E-state index contributed by atoms with van der Waals surface area (Å²) in [5.41, 5.74) is 1.07. The van der Waals surface area contributed by atoms with Crippen LogP contribution in [0.15, 0.2) is 18.2 Å². The Morgan fingerprint density at radius 3 is 2.67 bits per heavy atom. The molecule has 0 bridgehead atoms. The van der Waals surface area contributed by atoms with E-state index in [2.05, 4.69) is 5.32 Å². The molecule has 18 heavy (non-hydrogen) atoms. The van der Waals surface area contributed by atoms with Crippen LogP contribution < -0.4 is 5.32 Å². The van der Waals surface area contributed by atoms with Crippen molar-refractivity contribution in [2.45, 2.75) is 18.6 Å². The van der Waals surface area contributed by atoms with Crippen molar-refractivity contribution in [1.29, 1.82) is 0 Å². The molecule has 96 valence electrons. The first-order valence-corrected chi connectivity index (χ1v) is 5.99. The number of carbonyl (C=O) groups excluding carboxylic acids is 2. The third-order valence-corrected chi connectivity index (χ3v) is 3.07. The Balaban J connectivity index is 2.25. The van der Waals surface area contributed by atoms with E-state index in [4.69, 9.17) is 11.6 Å². The van der Waals surface area contributed by atoms with Crippen LogP contribution in [0.5, 0.6) is 0 Å². The van der Waals surface area contributed by atoms with Crippen molar-refractivity contribution in [2.75, 3.05) is 11.2 Å².